The average Bonchev–Trinajstić information content (AvgIpc) is 3.25. The maximum Gasteiger partial charge on any atom is 0.396 e. The number of non-ortho nitro benzene ring substituents is 1. The molecule has 0 aliphatic rings. The van der Waals surface area contributed by atoms with Gasteiger partial charge in [-0.2, -0.15) is 4.31 Å². The molecule has 0 saturated heterocycles. The Bertz CT molecular complexity index is 1850. The molecule has 5 aromatic rings. The van der Waals surface area contributed by atoms with E-state index in [1.54, 1.807) is 24.3 Å². The fraction of sp³-hybridized carbons (Fsp3) is 0. The van der Waals surface area contributed by atoms with Gasteiger partial charge in [-0.05, 0) is 24.3 Å². The van der Waals surface area contributed by atoms with Gasteiger partial charge in [-0.25, -0.2) is 13.2 Å². The number of hydrogen-bond donors (Lipinski definition) is 0. The van der Waals surface area contributed by atoms with E-state index >= 15 is 0 Å². The van der Waals surface area contributed by atoms with E-state index in [0.717, 1.165) is 29.5 Å². The predicted octanol–water partition coefficient (Wildman–Crippen LogP) is 5.00. The number of fused-ring (bicyclic) bond motifs is 3. The van der Waals surface area contributed by atoms with Crippen LogP contribution >= 0.6 is 22.9 Å². The zero-order valence-corrected chi connectivity index (χ0v) is 20.2. The van der Waals surface area contributed by atoms with E-state index in [9.17, 15) is 28.1 Å². The van der Waals surface area contributed by atoms with Crippen molar-refractivity contribution in [2.24, 2.45) is 0 Å². The predicted molar refractivity (Wildman–Crippen MR) is 134 cm³/mol. The largest absolute Gasteiger partial charge is 0.413 e. The van der Waals surface area contributed by atoms with Crippen LogP contribution in [0.5, 0.6) is 0 Å². The fourth-order valence-corrected chi connectivity index (χ4v) is 6.35. The van der Waals surface area contributed by atoms with E-state index in [0.29, 0.717) is 14.4 Å². The molecule has 0 spiro atoms. The van der Waals surface area contributed by atoms with Crippen molar-refractivity contribution in [3.8, 4) is 0 Å². The fourth-order valence-electron chi connectivity index (χ4n) is 3.70. The Labute approximate surface area is 211 Å². The van der Waals surface area contributed by atoms with Gasteiger partial charge in [0.2, 0.25) is 0 Å². The lowest BCUT2D eigenvalue weighted by Gasteiger charge is -2.24. The molecule has 0 aliphatic heterocycles. The summed E-state index contributed by atoms with van der Waals surface area (Å²) >= 11 is 6.92. The van der Waals surface area contributed by atoms with Crippen LogP contribution in [0.25, 0.3) is 21.1 Å². The highest BCUT2D eigenvalue weighted by atomic mass is 35.5. The van der Waals surface area contributed by atoms with Crippen molar-refractivity contribution >= 4 is 71.3 Å². The molecule has 1 amide bonds. The molecule has 10 nitrogen and oxygen atoms in total. The number of halogens is 1. The minimum atomic E-state index is -4.83. The van der Waals surface area contributed by atoms with E-state index in [2.05, 4.69) is 4.98 Å². The van der Waals surface area contributed by atoms with Gasteiger partial charge in [0.05, 0.1) is 25.9 Å². The molecule has 3 aromatic carbocycles. The Kier molecular flexibility index (Phi) is 5.79. The zero-order chi connectivity index (χ0) is 25.6. The zero-order valence-electron chi connectivity index (χ0n) is 17.8. The van der Waals surface area contributed by atoms with Crippen molar-refractivity contribution in [2.75, 3.05) is 4.31 Å². The topological polar surface area (TPSA) is 141 Å². The molecule has 0 saturated carbocycles. The van der Waals surface area contributed by atoms with Crippen LogP contribution in [0.2, 0.25) is 5.02 Å². The van der Waals surface area contributed by atoms with Gasteiger partial charge in [-0.15, -0.1) is 0 Å². The highest BCUT2D eigenvalue weighted by Gasteiger charge is 2.36. The summed E-state index contributed by atoms with van der Waals surface area (Å²) in [5, 5.41) is 11.7. The molecule has 0 bridgehead atoms. The Morgan fingerprint density at radius 1 is 1.08 bits per heavy atom. The molecule has 0 radical (unpaired) electrons. The monoisotopic (exact) mass is 541 g/mol. The second kappa shape index (κ2) is 8.82. The average molecular weight is 542 g/mol. The molecule has 0 N–H and O–H groups in total. The number of carbonyl (C=O) groups excluding carboxylic acids is 1. The number of nitro benzene ring substituents is 1. The normalized spacial score (nSPS) is 11.6. The van der Waals surface area contributed by atoms with Crippen molar-refractivity contribution in [2.45, 2.75) is 4.90 Å². The van der Waals surface area contributed by atoms with Crippen molar-refractivity contribution in [3.05, 3.63) is 103 Å². The molecule has 13 heteroatoms. The summed E-state index contributed by atoms with van der Waals surface area (Å²) < 4.78 is 34.2. The second-order valence-electron chi connectivity index (χ2n) is 7.41. The summed E-state index contributed by atoms with van der Waals surface area (Å²) in [5.74, 6) is -0.981. The molecule has 180 valence electrons. The van der Waals surface area contributed by atoms with E-state index in [1.165, 1.54) is 30.6 Å². The van der Waals surface area contributed by atoms with Crippen LogP contribution in [0.1, 0.15) is 10.4 Å². The molecule has 36 heavy (non-hydrogen) atoms. The van der Waals surface area contributed by atoms with Crippen LogP contribution in [0, 0.1) is 10.1 Å². The number of rotatable bonds is 5. The van der Waals surface area contributed by atoms with E-state index < -0.39 is 36.4 Å². The number of amides is 1. The standard InChI is InChI=1S/C23H12ClN3O7S2/c24-17-8-7-14(27(30)31)10-20(17)36(32,33)26(22(28)13-4-3-9-25-12-13)18-11-19-21(34-23(29)35-19)16-6-2-1-5-15(16)18/h1-12H. The third kappa shape index (κ3) is 3.90. The maximum absolute atomic E-state index is 14.0. The number of benzene rings is 3. The van der Waals surface area contributed by atoms with Gasteiger partial charge in [-0.1, -0.05) is 47.2 Å². The van der Waals surface area contributed by atoms with Crippen LogP contribution in [-0.4, -0.2) is 24.2 Å². The SMILES string of the molecule is O=C(c1cccnc1)N(c1cc2sc(=O)oc2c2ccccc12)S(=O)(=O)c1cc([N+](=O)[O-])ccc1Cl. The molecule has 5 rings (SSSR count). The van der Waals surface area contributed by atoms with Crippen LogP contribution < -0.4 is 9.24 Å². The summed E-state index contributed by atoms with van der Waals surface area (Å²) in [6.07, 6.45) is 2.61. The van der Waals surface area contributed by atoms with E-state index in [4.69, 9.17) is 16.0 Å². The first-order valence-corrected chi connectivity index (χ1v) is 12.7. The molecule has 2 aromatic heterocycles. The highest BCUT2D eigenvalue weighted by Crippen LogP contribution is 2.39. The number of anilines is 1. The molecule has 2 heterocycles. The first kappa shape index (κ1) is 23.6. The summed E-state index contributed by atoms with van der Waals surface area (Å²) in [6, 6.07) is 13.6. The first-order chi connectivity index (χ1) is 17.2. The third-order valence-corrected chi connectivity index (χ3v) is 8.23. The number of hydrogen-bond acceptors (Lipinski definition) is 9. The number of nitrogens with zero attached hydrogens (tertiary/aromatic N) is 3. The van der Waals surface area contributed by atoms with Crippen LogP contribution in [0.15, 0.2) is 87.2 Å². The summed E-state index contributed by atoms with van der Waals surface area (Å²) in [4.78, 5) is 39.0. The van der Waals surface area contributed by atoms with Crippen molar-refractivity contribution in [3.63, 3.8) is 0 Å². The Balaban J connectivity index is 1.87. The second-order valence-corrected chi connectivity index (χ2v) is 10.6. The Hall–Kier alpha value is -4.13. The van der Waals surface area contributed by atoms with E-state index in [1.807, 2.05) is 0 Å². The quantitative estimate of drug-likeness (QED) is 0.223. The van der Waals surface area contributed by atoms with E-state index in [-0.39, 0.29) is 27.2 Å². The van der Waals surface area contributed by atoms with Crippen LogP contribution in [0.3, 0.4) is 0 Å². The number of pyridine rings is 1. The summed E-state index contributed by atoms with van der Waals surface area (Å²) in [6.45, 7) is 0. The van der Waals surface area contributed by atoms with Gasteiger partial charge in [0.25, 0.3) is 21.6 Å². The lowest BCUT2D eigenvalue weighted by molar-refractivity contribution is -0.385. The maximum atomic E-state index is 14.0. The lowest BCUT2D eigenvalue weighted by Crippen LogP contribution is -2.37. The Morgan fingerprint density at radius 2 is 1.83 bits per heavy atom. The Morgan fingerprint density at radius 3 is 2.53 bits per heavy atom. The van der Waals surface area contributed by atoms with Gasteiger partial charge >= 0.3 is 4.94 Å². The number of carbonyl (C=O) groups is 1. The van der Waals surface area contributed by atoms with Gasteiger partial charge in [0.1, 0.15) is 4.90 Å². The van der Waals surface area contributed by atoms with Crippen molar-refractivity contribution in [1.29, 1.82) is 0 Å². The van der Waals surface area contributed by atoms with Gasteiger partial charge < -0.3 is 4.42 Å². The molecule has 0 aliphatic carbocycles. The van der Waals surface area contributed by atoms with Crippen LogP contribution in [0.4, 0.5) is 11.4 Å². The van der Waals surface area contributed by atoms with Gasteiger partial charge in [-0.3, -0.25) is 19.9 Å². The number of nitro groups is 1. The molecular formula is C23H12ClN3O7S2. The summed E-state index contributed by atoms with van der Waals surface area (Å²) in [7, 11) is -4.83. The third-order valence-electron chi connectivity index (χ3n) is 5.27. The molecule has 0 atom stereocenters. The van der Waals surface area contributed by atoms with Gasteiger partial charge in [0.15, 0.2) is 5.58 Å². The number of aromatic nitrogens is 1. The summed E-state index contributed by atoms with van der Waals surface area (Å²) in [5.41, 5.74) is -0.442. The smallest absolute Gasteiger partial charge is 0.396 e. The first-order valence-electron chi connectivity index (χ1n) is 10.1. The van der Waals surface area contributed by atoms with Crippen molar-refractivity contribution in [1.82, 2.24) is 4.98 Å². The lowest BCUT2D eigenvalue weighted by atomic mass is 10.1. The minimum Gasteiger partial charge on any atom is -0.413 e. The highest BCUT2D eigenvalue weighted by molar-refractivity contribution is 7.93. The van der Waals surface area contributed by atoms with Crippen molar-refractivity contribution < 1.29 is 22.6 Å². The van der Waals surface area contributed by atoms with Crippen LogP contribution in [-0.2, 0) is 10.0 Å². The van der Waals surface area contributed by atoms with Gasteiger partial charge in [0, 0.05) is 35.3 Å². The number of sulfonamides is 1. The molecular weight excluding hydrogens is 530 g/mol. The molecule has 0 unspecified atom stereocenters. The molecule has 0 fully saturated rings. The minimum absolute atomic E-state index is 0.0628.